The third-order valence-electron chi connectivity index (χ3n) is 6.19. The zero-order chi connectivity index (χ0) is 21.7. The molecule has 0 unspecified atom stereocenters. The SMILES string of the molecule is Cc1ccc(-n2c(=O)c3c4c(sc3n3c(SCCC(C)C)nnc23)CCC[C@H]4C)cc1. The molecule has 3 heterocycles. The van der Waals surface area contributed by atoms with Gasteiger partial charge in [0.1, 0.15) is 4.83 Å². The second-order valence-corrected chi connectivity index (χ2v) is 11.2. The second kappa shape index (κ2) is 8.10. The lowest BCUT2D eigenvalue weighted by Crippen LogP contribution is -2.22. The molecule has 0 radical (unpaired) electrons. The van der Waals surface area contributed by atoms with E-state index in [4.69, 9.17) is 0 Å². The molecule has 7 heteroatoms. The van der Waals surface area contributed by atoms with Gasteiger partial charge in [0.2, 0.25) is 5.78 Å². The molecule has 0 bridgehead atoms. The van der Waals surface area contributed by atoms with Gasteiger partial charge in [-0.1, -0.05) is 50.2 Å². The van der Waals surface area contributed by atoms with E-state index >= 15 is 0 Å². The van der Waals surface area contributed by atoms with Gasteiger partial charge < -0.3 is 0 Å². The third kappa shape index (κ3) is 3.52. The number of aromatic nitrogens is 4. The minimum Gasteiger partial charge on any atom is -0.268 e. The van der Waals surface area contributed by atoms with Gasteiger partial charge in [-0.05, 0) is 62.1 Å². The average Bonchev–Trinajstić information content (AvgIpc) is 3.32. The van der Waals surface area contributed by atoms with Gasteiger partial charge in [0.05, 0.1) is 11.1 Å². The van der Waals surface area contributed by atoms with Crippen molar-refractivity contribution in [3.05, 3.63) is 50.6 Å². The Hall–Kier alpha value is -2.12. The van der Waals surface area contributed by atoms with Crippen LogP contribution in [-0.4, -0.2) is 24.9 Å². The van der Waals surface area contributed by atoms with Crippen LogP contribution in [0, 0.1) is 12.8 Å². The van der Waals surface area contributed by atoms with Crippen LogP contribution in [0.3, 0.4) is 0 Å². The number of hydrogen-bond donors (Lipinski definition) is 0. The summed E-state index contributed by atoms with van der Waals surface area (Å²) in [6, 6.07) is 8.10. The summed E-state index contributed by atoms with van der Waals surface area (Å²) in [7, 11) is 0. The highest BCUT2D eigenvalue weighted by Crippen LogP contribution is 2.41. The van der Waals surface area contributed by atoms with Crippen LogP contribution < -0.4 is 5.56 Å². The predicted molar refractivity (Wildman–Crippen MR) is 130 cm³/mol. The zero-order valence-corrected chi connectivity index (χ0v) is 20.1. The molecule has 0 saturated carbocycles. The van der Waals surface area contributed by atoms with E-state index in [1.807, 2.05) is 24.3 Å². The molecule has 5 nitrogen and oxygen atoms in total. The van der Waals surface area contributed by atoms with E-state index in [9.17, 15) is 4.79 Å². The van der Waals surface area contributed by atoms with Crippen LogP contribution in [0.1, 0.15) is 62.0 Å². The molecule has 1 aliphatic rings. The van der Waals surface area contributed by atoms with Crippen molar-refractivity contribution in [2.75, 3.05) is 5.75 Å². The molecule has 4 aromatic rings. The Morgan fingerprint density at radius 1 is 1.23 bits per heavy atom. The molecule has 0 N–H and O–H groups in total. The zero-order valence-electron chi connectivity index (χ0n) is 18.5. The maximum Gasteiger partial charge on any atom is 0.268 e. The van der Waals surface area contributed by atoms with Crippen LogP contribution in [0.2, 0.25) is 0 Å². The molecule has 1 atom stereocenters. The lowest BCUT2D eigenvalue weighted by atomic mass is 9.88. The van der Waals surface area contributed by atoms with E-state index in [2.05, 4.69) is 42.3 Å². The predicted octanol–water partition coefficient (Wildman–Crippen LogP) is 5.98. The van der Waals surface area contributed by atoms with Crippen LogP contribution in [0.5, 0.6) is 0 Å². The van der Waals surface area contributed by atoms with E-state index in [0.29, 0.717) is 17.6 Å². The summed E-state index contributed by atoms with van der Waals surface area (Å²) in [4.78, 5) is 16.3. The minimum atomic E-state index is 0.0312. The summed E-state index contributed by atoms with van der Waals surface area (Å²) in [6.07, 6.45) is 4.51. The number of nitrogens with zero attached hydrogens (tertiary/aromatic N) is 4. The standard InChI is InChI=1S/C24H28N4OS2/c1-14(2)12-13-30-24-26-25-23-27(17-10-8-15(3)9-11-17)21(29)20-19-16(4)6-5-7-18(19)31-22(20)28(23)24/h8-11,14,16H,5-7,12-13H2,1-4H3/t16-/m1/s1. The van der Waals surface area contributed by atoms with Crippen molar-refractivity contribution in [3.63, 3.8) is 0 Å². The number of aryl methyl sites for hydroxylation is 2. The number of benzene rings is 1. The molecule has 162 valence electrons. The maximum atomic E-state index is 13.9. The fourth-order valence-corrected chi connectivity index (χ4v) is 7.14. The van der Waals surface area contributed by atoms with Crippen molar-refractivity contribution < 1.29 is 0 Å². The van der Waals surface area contributed by atoms with E-state index in [1.165, 1.54) is 22.4 Å². The highest BCUT2D eigenvalue weighted by molar-refractivity contribution is 7.99. The monoisotopic (exact) mass is 452 g/mol. The van der Waals surface area contributed by atoms with Crippen molar-refractivity contribution in [1.29, 1.82) is 0 Å². The van der Waals surface area contributed by atoms with Crippen LogP contribution >= 0.6 is 23.1 Å². The summed E-state index contributed by atoms with van der Waals surface area (Å²) in [5, 5.41) is 10.8. The lowest BCUT2D eigenvalue weighted by Gasteiger charge is -2.18. The minimum absolute atomic E-state index is 0.0312. The maximum absolute atomic E-state index is 13.9. The molecule has 31 heavy (non-hydrogen) atoms. The van der Waals surface area contributed by atoms with Crippen molar-refractivity contribution >= 4 is 39.1 Å². The quantitative estimate of drug-likeness (QED) is 0.350. The first-order valence-electron chi connectivity index (χ1n) is 11.1. The molecule has 3 aromatic heterocycles. The third-order valence-corrected chi connectivity index (χ3v) is 8.40. The number of hydrogen-bond acceptors (Lipinski definition) is 5. The molecule has 0 spiro atoms. The Morgan fingerprint density at radius 3 is 2.74 bits per heavy atom. The largest absolute Gasteiger partial charge is 0.268 e. The van der Waals surface area contributed by atoms with Crippen LogP contribution in [0.25, 0.3) is 21.7 Å². The number of rotatable bonds is 5. The smallest absolute Gasteiger partial charge is 0.268 e. The molecule has 5 rings (SSSR count). The van der Waals surface area contributed by atoms with Crippen molar-refractivity contribution in [2.45, 2.75) is 64.5 Å². The Bertz CT molecular complexity index is 1310. The summed E-state index contributed by atoms with van der Waals surface area (Å²) in [5.41, 5.74) is 3.30. The van der Waals surface area contributed by atoms with Gasteiger partial charge in [-0.15, -0.1) is 21.5 Å². The van der Waals surface area contributed by atoms with Gasteiger partial charge in [-0.25, -0.2) is 8.97 Å². The fourth-order valence-electron chi connectivity index (χ4n) is 4.45. The van der Waals surface area contributed by atoms with Crippen molar-refractivity contribution in [2.24, 2.45) is 5.92 Å². The van der Waals surface area contributed by atoms with E-state index < -0.39 is 0 Å². The summed E-state index contributed by atoms with van der Waals surface area (Å²) in [6.45, 7) is 8.80. The van der Waals surface area contributed by atoms with Gasteiger partial charge in [-0.3, -0.25) is 4.79 Å². The van der Waals surface area contributed by atoms with E-state index in [0.717, 1.165) is 46.1 Å². The van der Waals surface area contributed by atoms with Crippen LogP contribution in [0.15, 0.2) is 34.2 Å². The molecule has 0 saturated heterocycles. The lowest BCUT2D eigenvalue weighted by molar-refractivity contribution is 0.601. The summed E-state index contributed by atoms with van der Waals surface area (Å²) >= 11 is 3.51. The van der Waals surface area contributed by atoms with Gasteiger partial charge in [0, 0.05) is 10.6 Å². The topological polar surface area (TPSA) is 52.2 Å². The first kappa shape index (κ1) is 20.8. The Labute approximate surface area is 190 Å². The van der Waals surface area contributed by atoms with Crippen molar-refractivity contribution in [1.82, 2.24) is 19.2 Å². The van der Waals surface area contributed by atoms with Gasteiger partial charge in [0.15, 0.2) is 5.16 Å². The van der Waals surface area contributed by atoms with Gasteiger partial charge in [-0.2, -0.15) is 0 Å². The Morgan fingerprint density at radius 2 is 2.00 bits per heavy atom. The van der Waals surface area contributed by atoms with Crippen LogP contribution in [0.4, 0.5) is 0 Å². The van der Waals surface area contributed by atoms with E-state index in [1.54, 1.807) is 27.7 Å². The molecule has 1 aromatic carbocycles. The van der Waals surface area contributed by atoms with Gasteiger partial charge >= 0.3 is 0 Å². The second-order valence-electron chi connectivity index (χ2n) is 9.04. The normalized spacial score (nSPS) is 16.5. The summed E-state index contributed by atoms with van der Waals surface area (Å²) < 4.78 is 3.90. The first-order chi connectivity index (χ1) is 15.0. The Balaban J connectivity index is 1.82. The average molecular weight is 453 g/mol. The van der Waals surface area contributed by atoms with E-state index in [-0.39, 0.29) is 5.56 Å². The number of thiophene rings is 1. The first-order valence-corrected chi connectivity index (χ1v) is 12.9. The molecular formula is C24H28N4OS2. The molecule has 0 amide bonds. The highest BCUT2D eigenvalue weighted by Gasteiger charge is 2.28. The molecule has 1 aliphatic carbocycles. The number of thioether (sulfide) groups is 1. The highest BCUT2D eigenvalue weighted by atomic mass is 32.2. The number of fused-ring (bicyclic) bond motifs is 5. The van der Waals surface area contributed by atoms with Gasteiger partial charge in [0.25, 0.3) is 5.56 Å². The fraction of sp³-hybridized carbons (Fsp3) is 0.458. The van der Waals surface area contributed by atoms with Crippen molar-refractivity contribution in [3.8, 4) is 5.69 Å². The molecule has 0 fully saturated rings. The molecule has 0 aliphatic heterocycles. The van der Waals surface area contributed by atoms with Crippen LogP contribution in [-0.2, 0) is 6.42 Å². The summed E-state index contributed by atoms with van der Waals surface area (Å²) in [5.74, 6) is 2.65. The molecular weight excluding hydrogens is 424 g/mol. The Kier molecular flexibility index (Phi) is 5.42.